The van der Waals surface area contributed by atoms with E-state index in [1.54, 1.807) is 18.2 Å². The molecule has 0 aliphatic rings. The Morgan fingerprint density at radius 2 is 2.00 bits per heavy atom. The molecule has 0 amide bonds. The summed E-state index contributed by atoms with van der Waals surface area (Å²) in [6.07, 6.45) is 0. The number of carbonyl (C=O) groups is 1. The Balaban J connectivity index is 2.15. The first-order valence-electron chi connectivity index (χ1n) is 6.24. The summed E-state index contributed by atoms with van der Waals surface area (Å²) in [5.74, 6) is -2.10. The number of hydrogen-bond acceptors (Lipinski definition) is 2. The van der Waals surface area contributed by atoms with Crippen LogP contribution in [0.1, 0.15) is 17.0 Å². The molecule has 2 rings (SSSR count). The molecule has 1 N–H and O–H groups in total. The normalized spacial score (nSPS) is 11.9. The summed E-state index contributed by atoms with van der Waals surface area (Å²) >= 11 is 0. The minimum absolute atomic E-state index is 0.111. The van der Waals surface area contributed by atoms with Crippen molar-refractivity contribution in [2.75, 3.05) is 6.61 Å². The largest absolute Gasteiger partial charge is 0.492 e. The van der Waals surface area contributed by atoms with Crippen molar-refractivity contribution < 1.29 is 19.0 Å². The van der Waals surface area contributed by atoms with Gasteiger partial charge in [-0.3, -0.25) is 4.79 Å². The number of carboxylic acid groups (broad SMARTS) is 1. The first-order valence-corrected chi connectivity index (χ1v) is 6.24. The standard InChI is InChI=1S/C16H15FO3/c1-11-5-4-6-12(9-11)20-10-14(16(18)19)13-7-2-3-8-15(13)17/h2-9,14H,10H2,1H3,(H,18,19). The summed E-state index contributed by atoms with van der Waals surface area (Å²) in [5, 5.41) is 9.24. The maximum Gasteiger partial charge on any atom is 0.314 e. The van der Waals surface area contributed by atoms with Gasteiger partial charge in [-0.2, -0.15) is 0 Å². The zero-order valence-corrected chi connectivity index (χ0v) is 11.0. The highest BCUT2D eigenvalue weighted by molar-refractivity contribution is 5.76. The summed E-state index contributed by atoms with van der Waals surface area (Å²) in [6.45, 7) is 1.80. The molecule has 0 bridgehead atoms. The van der Waals surface area contributed by atoms with Crippen LogP contribution in [0.4, 0.5) is 4.39 Å². The lowest BCUT2D eigenvalue weighted by atomic mass is 10.00. The molecule has 4 heteroatoms. The van der Waals surface area contributed by atoms with Gasteiger partial charge in [0.05, 0.1) is 0 Å². The zero-order valence-electron chi connectivity index (χ0n) is 11.0. The van der Waals surface area contributed by atoms with Crippen LogP contribution < -0.4 is 4.74 Å². The molecule has 104 valence electrons. The molecule has 0 aromatic heterocycles. The van der Waals surface area contributed by atoms with Gasteiger partial charge in [0.2, 0.25) is 0 Å². The van der Waals surface area contributed by atoms with Gasteiger partial charge < -0.3 is 9.84 Å². The van der Waals surface area contributed by atoms with Crippen LogP contribution in [-0.4, -0.2) is 17.7 Å². The van der Waals surface area contributed by atoms with E-state index >= 15 is 0 Å². The van der Waals surface area contributed by atoms with E-state index in [1.807, 2.05) is 19.1 Å². The fraction of sp³-hybridized carbons (Fsp3) is 0.188. The van der Waals surface area contributed by atoms with E-state index < -0.39 is 17.7 Å². The lowest BCUT2D eigenvalue weighted by Crippen LogP contribution is -2.20. The molecule has 0 fully saturated rings. The molecule has 3 nitrogen and oxygen atoms in total. The van der Waals surface area contributed by atoms with E-state index in [2.05, 4.69) is 0 Å². The zero-order chi connectivity index (χ0) is 14.5. The summed E-state index contributed by atoms with van der Waals surface area (Å²) < 4.78 is 19.1. The summed E-state index contributed by atoms with van der Waals surface area (Å²) in [5.41, 5.74) is 1.15. The van der Waals surface area contributed by atoms with E-state index in [4.69, 9.17) is 4.74 Å². The van der Waals surface area contributed by atoms with E-state index in [0.29, 0.717) is 5.75 Å². The first kappa shape index (κ1) is 14.1. The quantitative estimate of drug-likeness (QED) is 0.909. The van der Waals surface area contributed by atoms with Crippen LogP contribution >= 0.6 is 0 Å². The van der Waals surface area contributed by atoms with Gasteiger partial charge in [0.25, 0.3) is 0 Å². The van der Waals surface area contributed by atoms with Crippen LogP contribution in [0, 0.1) is 12.7 Å². The Bertz CT molecular complexity index is 610. The van der Waals surface area contributed by atoms with Crippen LogP contribution in [0.2, 0.25) is 0 Å². The number of ether oxygens (including phenoxy) is 1. The molecule has 0 aliphatic heterocycles. The average Bonchev–Trinajstić information content (AvgIpc) is 2.40. The fourth-order valence-electron chi connectivity index (χ4n) is 1.94. The van der Waals surface area contributed by atoms with Crippen molar-refractivity contribution in [2.24, 2.45) is 0 Å². The average molecular weight is 274 g/mol. The fourth-order valence-corrected chi connectivity index (χ4v) is 1.94. The van der Waals surface area contributed by atoms with Crippen LogP contribution in [0.25, 0.3) is 0 Å². The highest BCUT2D eigenvalue weighted by Gasteiger charge is 2.23. The second kappa shape index (κ2) is 6.19. The van der Waals surface area contributed by atoms with Crippen LogP contribution in [-0.2, 0) is 4.79 Å². The Kier molecular flexibility index (Phi) is 4.35. The molecule has 0 spiro atoms. The van der Waals surface area contributed by atoms with Gasteiger partial charge in [-0.1, -0.05) is 30.3 Å². The molecule has 1 atom stereocenters. The molecule has 0 radical (unpaired) electrons. The van der Waals surface area contributed by atoms with Crippen molar-refractivity contribution in [1.82, 2.24) is 0 Å². The number of benzene rings is 2. The SMILES string of the molecule is Cc1cccc(OCC(C(=O)O)c2ccccc2F)c1. The number of halogens is 1. The highest BCUT2D eigenvalue weighted by Crippen LogP contribution is 2.22. The number of aryl methyl sites for hydroxylation is 1. The molecule has 0 saturated heterocycles. The second-order valence-electron chi connectivity index (χ2n) is 4.54. The minimum Gasteiger partial charge on any atom is -0.492 e. The van der Waals surface area contributed by atoms with Crippen molar-refractivity contribution in [3.63, 3.8) is 0 Å². The maximum absolute atomic E-state index is 13.7. The Labute approximate surface area is 116 Å². The molecule has 0 saturated carbocycles. The van der Waals surface area contributed by atoms with Crippen molar-refractivity contribution in [3.05, 3.63) is 65.5 Å². The molecule has 0 heterocycles. The van der Waals surface area contributed by atoms with E-state index in [9.17, 15) is 14.3 Å². The minimum atomic E-state index is -1.11. The third-order valence-electron chi connectivity index (χ3n) is 2.98. The predicted molar refractivity (Wildman–Crippen MR) is 73.5 cm³/mol. The van der Waals surface area contributed by atoms with Gasteiger partial charge >= 0.3 is 5.97 Å². The molecule has 2 aromatic rings. The molecule has 1 unspecified atom stereocenters. The molecular weight excluding hydrogens is 259 g/mol. The van der Waals surface area contributed by atoms with Gasteiger partial charge in [-0.05, 0) is 30.7 Å². The van der Waals surface area contributed by atoms with E-state index in [-0.39, 0.29) is 12.2 Å². The molecule has 20 heavy (non-hydrogen) atoms. The van der Waals surface area contributed by atoms with Gasteiger partial charge in [0.15, 0.2) is 0 Å². The van der Waals surface area contributed by atoms with Crippen molar-refractivity contribution in [3.8, 4) is 5.75 Å². The highest BCUT2D eigenvalue weighted by atomic mass is 19.1. The van der Waals surface area contributed by atoms with Gasteiger partial charge in [-0.25, -0.2) is 4.39 Å². The summed E-state index contributed by atoms with van der Waals surface area (Å²) in [4.78, 5) is 11.3. The Morgan fingerprint density at radius 3 is 2.65 bits per heavy atom. The Hall–Kier alpha value is -2.36. The van der Waals surface area contributed by atoms with Crippen molar-refractivity contribution >= 4 is 5.97 Å². The van der Waals surface area contributed by atoms with Crippen LogP contribution in [0.5, 0.6) is 5.75 Å². The molecular formula is C16H15FO3. The summed E-state index contributed by atoms with van der Waals surface area (Å²) in [6, 6.07) is 13.1. The predicted octanol–water partition coefficient (Wildman–Crippen LogP) is 3.38. The lowest BCUT2D eigenvalue weighted by Gasteiger charge is -2.15. The van der Waals surface area contributed by atoms with Crippen LogP contribution in [0.3, 0.4) is 0 Å². The smallest absolute Gasteiger partial charge is 0.314 e. The monoisotopic (exact) mass is 274 g/mol. The van der Waals surface area contributed by atoms with Crippen LogP contribution in [0.15, 0.2) is 48.5 Å². The number of hydrogen-bond donors (Lipinski definition) is 1. The Morgan fingerprint density at radius 1 is 1.25 bits per heavy atom. The van der Waals surface area contributed by atoms with E-state index in [0.717, 1.165) is 5.56 Å². The molecule has 0 aliphatic carbocycles. The summed E-state index contributed by atoms with van der Waals surface area (Å²) in [7, 11) is 0. The number of aliphatic carboxylic acids is 1. The van der Waals surface area contributed by atoms with Gasteiger partial charge in [0.1, 0.15) is 24.1 Å². The molecule has 2 aromatic carbocycles. The topological polar surface area (TPSA) is 46.5 Å². The third-order valence-corrected chi connectivity index (χ3v) is 2.98. The number of rotatable bonds is 5. The van der Waals surface area contributed by atoms with E-state index in [1.165, 1.54) is 18.2 Å². The first-order chi connectivity index (χ1) is 9.58. The third kappa shape index (κ3) is 3.35. The lowest BCUT2D eigenvalue weighted by molar-refractivity contribution is -0.139. The van der Waals surface area contributed by atoms with Crippen molar-refractivity contribution in [1.29, 1.82) is 0 Å². The van der Waals surface area contributed by atoms with Gasteiger partial charge in [-0.15, -0.1) is 0 Å². The number of carboxylic acids is 1. The van der Waals surface area contributed by atoms with Crippen molar-refractivity contribution in [2.45, 2.75) is 12.8 Å². The second-order valence-corrected chi connectivity index (χ2v) is 4.54. The van der Waals surface area contributed by atoms with Gasteiger partial charge in [0, 0.05) is 5.56 Å². The maximum atomic E-state index is 13.7.